The molecule has 0 spiro atoms. The molecule has 3 rings (SSSR count). The van der Waals surface area contributed by atoms with E-state index in [1.54, 1.807) is 0 Å². The molecule has 4 heteroatoms. The molecule has 1 heterocycles. The zero-order valence-electron chi connectivity index (χ0n) is 15.2. The van der Waals surface area contributed by atoms with Crippen LogP contribution in [0.1, 0.15) is 32.6 Å². The summed E-state index contributed by atoms with van der Waals surface area (Å²) < 4.78 is 0. The van der Waals surface area contributed by atoms with E-state index in [0.29, 0.717) is 18.5 Å². The third-order valence-corrected chi connectivity index (χ3v) is 5.78. The van der Waals surface area contributed by atoms with Gasteiger partial charge in [-0.05, 0) is 43.7 Å². The number of benzene rings is 1. The van der Waals surface area contributed by atoms with Gasteiger partial charge < -0.3 is 9.80 Å². The predicted octanol–water partition coefficient (Wildman–Crippen LogP) is 2.85. The number of hydrogen-bond acceptors (Lipinski definition) is 3. The summed E-state index contributed by atoms with van der Waals surface area (Å²) in [4.78, 5) is 19.4. The van der Waals surface area contributed by atoms with E-state index < -0.39 is 0 Å². The van der Waals surface area contributed by atoms with Crippen molar-refractivity contribution in [3.63, 3.8) is 0 Å². The van der Waals surface area contributed by atoms with Crippen LogP contribution >= 0.6 is 0 Å². The van der Waals surface area contributed by atoms with E-state index >= 15 is 0 Å². The quantitative estimate of drug-likeness (QED) is 0.850. The van der Waals surface area contributed by atoms with E-state index in [4.69, 9.17) is 0 Å². The van der Waals surface area contributed by atoms with Crippen molar-refractivity contribution in [3.8, 4) is 0 Å². The van der Waals surface area contributed by atoms with Crippen LogP contribution in [0.2, 0.25) is 0 Å². The van der Waals surface area contributed by atoms with Gasteiger partial charge in [0, 0.05) is 45.0 Å². The smallest absolute Gasteiger partial charge is 0.236 e. The summed E-state index contributed by atoms with van der Waals surface area (Å²) in [6, 6.07) is 11.0. The highest BCUT2D eigenvalue weighted by Crippen LogP contribution is 2.26. The minimum absolute atomic E-state index is 0.294. The average molecular weight is 329 g/mol. The largest absolute Gasteiger partial charge is 0.369 e. The minimum atomic E-state index is 0.294. The molecule has 4 nitrogen and oxygen atoms in total. The van der Waals surface area contributed by atoms with Crippen LogP contribution in [0.5, 0.6) is 0 Å². The Bertz CT molecular complexity index is 517. The molecule has 0 unspecified atom stereocenters. The third-order valence-electron chi connectivity index (χ3n) is 5.78. The average Bonchev–Trinajstić information content (AvgIpc) is 2.63. The van der Waals surface area contributed by atoms with Gasteiger partial charge in [-0.3, -0.25) is 9.69 Å². The minimum Gasteiger partial charge on any atom is -0.369 e. The van der Waals surface area contributed by atoms with Gasteiger partial charge >= 0.3 is 0 Å². The van der Waals surface area contributed by atoms with Crippen LogP contribution in [-0.2, 0) is 4.79 Å². The molecule has 2 fully saturated rings. The van der Waals surface area contributed by atoms with Crippen LogP contribution in [0.4, 0.5) is 5.69 Å². The molecular formula is C20H31N3O. The maximum atomic E-state index is 12.6. The van der Waals surface area contributed by atoms with Gasteiger partial charge in [0.15, 0.2) is 0 Å². The van der Waals surface area contributed by atoms with Crippen molar-refractivity contribution in [2.24, 2.45) is 5.92 Å². The van der Waals surface area contributed by atoms with Gasteiger partial charge in [-0.25, -0.2) is 0 Å². The fourth-order valence-electron chi connectivity index (χ4n) is 3.94. The predicted molar refractivity (Wildman–Crippen MR) is 99.3 cm³/mol. The van der Waals surface area contributed by atoms with Crippen LogP contribution < -0.4 is 4.90 Å². The van der Waals surface area contributed by atoms with Crippen molar-refractivity contribution in [2.75, 3.05) is 44.7 Å². The second kappa shape index (κ2) is 8.02. The van der Waals surface area contributed by atoms with Gasteiger partial charge in [-0.15, -0.1) is 0 Å². The lowest BCUT2D eigenvalue weighted by Crippen LogP contribution is -2.51. The monoisotopic (exact) mass is 329 g/mol. The molecule has 1 amide bonds. The second-order valence-electron chi connectivity index (χ2n) is 7.52. The summed E-state index contributed by atoms with van der Waals surface area (Å²) >= 11 is 0. The van der Waals surface area contributed by atoms with Gasteiger partial charge in [0.2, 0.25) is 5.91 Å². The van der Waals surface area contributed by atoms with E-state index in [9.17, 15) is 4.79 Å². The van der Waals surface area contributed by atoms with Crippen LogP contribution in [0.3, 0.4) is 0 Å². The Kier molecular flexibility index (Phi) is 5.77. The van der Waals surface area contributed by atoms with Crippen LogP contribution in [-0.4, -0.2) is 61.5 Å². The maximum Gasteiger partial charge on any atom is 0.236 e. The molecule has 0 aromatic heterocycles. The zero-order valence-corrected chi connectivity index (χ0v) is 15.2. The van der Waals surface area contributed by atoms with E-state index in [-0.39, 0.29) is 0 Å². The molecule has 2 aliphatic rings. The van der Waals surface area contributed by atoms with Crippen molar-refractivity contribution < 1.29 is 4.79 Å². The highest BCUT2D eigenvalue weighted by atomic mass is 16.2. The molecule has 1 saturated heterocycles. The fraction of sp³-hybridized carbons (Fsp3) is 0.650. The number of likely N-dealkylation sites (N-methyl/N-ethyl adjacent to an activating group) is 1. The fourth-order valence-corrected chi connectivity index (χ4v) is 3.94. The number of piperazine rings is 1. The number of hydrogen-bond donors (Lipinski definition) is 0. The number of amides is 1. The standard InChI is InChI=1S/C20H31N3O/c1-17-8-10-18(11-9-17)21(2)20(24)16-22-12-14-23(15-13-22)19-6-4-3-5-7-19/h3-7,17-18H,8-16H2,1-2H3. The molecule has 1 aliphatic heterocycles. The van der Waals surface area contributed by atoms with Crippen molar-refractivity contribution in [1.29, 1.82) is 0 Å². The van der Waals surface area contributed by atoms with Crippen LogP contribution in [0, 0.1) is 5.92 Å². The lowest BCUT2D eigenvalue weighted by atomic mass is 9.87. The molecule has 1 aromatic rings. The Morgan fingerprint density at radius 3 is 2.29 bits per heavy atom. The Labute approximate surface area is 146 Å². The highest BCUT2D eigenvalue weighted by molar-refractivity contribution is 5.78. The Balaban J connectivity index is 1.44. The molecule has 0 radical (unpaired) electrons. The maximum absolute atomic E-state index is 12.6. The van der Waals surface area contributed by atoms with Gasteiger partial charge in [-0.2, -0.15) is 0 Å². The summed E-state index contributed by atoms with van der Waals surface area (Å²) in [5, 5.41) is 0. The molecule has 0 bridgehead atoms. The molecule has 132 valence electrons. The first-order valence-electron chi connectivity index (χ1n) is 9.41. The summed E-state index contributed by atoms with van der Waals surface area (Å²) in [6.07, 6.45) is 4.87. The molecule has 1 aromatic carbocycles. The molecule has 0 atom stereocenters. The molecular weight excluding hydrogens is 298 g/mol. The first-order chi connectivity index (χ1) is 11.6. The number of anilines is 1. The van der Waals surface area contributed by atoms with Gasteiger partial charge in [0.1, 0.15) is 0 Å². The summed E-state index contributed by atoms with van der Waals surface area (Å²) in [5.74, 6) is 1.12. The summed E-state index contributed by atoms with van der Waals surface area (Å²) in [7, 11) is 2.00. The van der Waals surface area contributed by atoms with E-state index in [1.807, 2.05) is 11.9 Å². The third kappa shape index (κ3) is 4.29. The van der Waals surface area contributed by atoms with Crippen molar-refractivity contribution in [3.05, 3.63) is 30.3 Å². The van der Waals surface area contributed by atoms with Gasteiger partial charge in [-0.1, -0.05) is 25.1 Å². The van der Waals surface area contributed by atoms with Crippen molar-refractivity contribution in [1.82, 2.24) is 9.80 Å². The number of rotatable bonds is 4. The number of carbonyl (C=O) groups excluding carboxylic acids is 1. The second-order valence-corrected chi connectivity index (χ2v) is 7.52. The Morgan fingerprint density at radius 2 is 1.67 bits per heavy atom. The number of para-hydroxylation sites is 1. The van der Waals surface area contributed by atoms with E-state index in [2.05, 4.69) is 47.1 Å². The lowest BCUT2D eigenvalue weighted by Gasteiger charge is -2.38. The van der Waals surface area contributed by atoms with Gasteiger partial charge in [0.05, 0.1) is 6.54 Å². The Morgan fingerprint density at radius 1 is 1.04 bits per heavy atom. The van der Waals surface area contributed by atoms with Gasteiger partial charge in [0.25, 0.3) is 0 Å². The van der Waals surface area contributed by atoms with E-state index in [0.717, 1.165) is 32.1 Å². The number of nitrogens with zero attached hydrogens (tertiary/aromatic N) is 3. The molecule has 1 aliphatic carbocycles. The van der Waals surface area contributed by atoms with Crippen LogP contribution in [0.25, 0.3) is 0 Å². The molecule has 1 saturated carbocycles. The summed E-state index contributed by atoms with van der Waals surface area (Å²) in [5.41, 5.74) is 1.29. The Hall–Kier alpha value is -1.55. The lowest BCUT2D eigenvalue weighted by molar-refractivity contribution is -0.134. The van der Waals surface area contributed by atoms with Crippen molar-refractivity contribution >= 4 is 11.6 Å². The SMILES string of the molecule is CC1CCC(N(C)C(=O)CN2CCN(c3ccccc3)CC2)CC1. The highest BCUT2D eigenvalue weighted by Gasteiger charge is 2.26. The topological polar surface area (TPSA) is 26.8 Å². The zero-order chi connectivity index (χ0) is 16.9. The first-order valence-corrected chi connectivity index (χ1v) is 9.41. The normalized spacial score (nSPS) is 25.5. The first kappa shape index (κ1) is 17.3. The van der Waals surface area contributed by atoms with E-state index in [1.165, 1.54) is 31.4 Å². The number of carbonyl (C=O) groups is 1. The molecule has 0 N–H and O–H groups in total. The van der Waals surface area contributed by atoms with Crippen molar-refractivity contribution in [2.45, 2.75) is 38.6 Å². The summed E-state index contributed by atoms with van der Waals surface area (Å²) in [6.45, 7) is 6.84. The molecule has 24 heavy (non-hydrogen) atoms. The van der Waals surface area contributed by atoms with Crippen LogP contribution in [0.15, 0.2) is 30.3 Å².